The number of fused-ring (bicyclic) bond motifs is 3. The summed E-state index contributed by atoms with van der Waals surface area (Å²) in [6, 6.07) is 19.7. The number of rotatable bonds is 5. The molecule has 1 fully saturated rings. The number of carbonyl (C=O) groups is 3. The van der Waals surface area contributed by atoms with Gasteiger partial charge in [0.25, 0.3) is 5.91 Å². The van der Waals surface area contributed by atoms with E-state index in [-0.39, 0.29) is 29.8 Å². The smallest absolute Gasteiger partial charge is 0.321 e. The van der Waals surface area contributed by atoms with Crippen molar-refractivity contribution in [2.75, 3.05) is 23.3 Å². The molecule has 2 bridgehead atoms. The normalized spacial score (nSPS) is 21.1. The number of amides is 4. The predicted octanol–water partition coefficient (Wildman–Crippen LogP) is 4.25. The SMILES string of the molecule is Cc1cccc(NC(=O)N[C@@H]2N=C(c3ccccc3F)c3ccccc3N(CC(=O)N3CC4C=CC3C4)C2=O)c1. The van der Waals surface area contributed by atoms with Crippen LogP contribution in [0.15, 0.2) is 89.9 Å². The molecule has 8 nitrogen and oxygen atoms in total. The molecule has 3 aromatic rings. The number of para-hydroxylation sites is 1. The van der Waals surface area contributed by atoms with Crippen molar-refractivity contribution in [1.82, 2.24) is 10.2 Å². The number of nitrogens with zero attached hydrogens (tertiary/aromatic N) is 3. The molecule has 0 saturated carbocycles. The molecular weight excluding hydrogens is 509 g/mol. The Morgan fingerprint density at radius 1 is 1.00 bits per heavy atom. The average molecular weight is 538 g/mol. The molecule has 6 rings (SSSR count). The molecule has 2 N–H and O–H groups in total. The van der Waals surface area contributed by atoms with Crippen molar-refractivity contribution in [2.45, 2.75) is 25.6 Å². The molecule has 0 radical (unpaired) electrons. The first-order chi connectivity index (χ1) is 19.4. The maximum absolute atomic E-state index is 15.1. The summed E-state index contributed by atoms with van der Waals surface area (Å²) >= 11 is 0. The zero-order valence-electron chi connectivity index (χ0n) is 21.9. The summed E-state index contributed by atoms with van der Waals surface area (Å²) < 4.78 is 15.1. The average Bonchev–Trinajstić information content (AvgIpc) is 3.56. The number of anilines is 2. The number of urea groups is 1. The second-order valence-electron chi connectivity index (χ2n) is 10.3. The summed E-state index contributed by atoms with van der Waals surface area (Å²) in [5.41, 5.74) is 2.80. The van der Waals surface area contributed by atoms with E-state index in [0.717, 1.165) is 12.0 Å². The second kappa shape index (κ2) is 10.4. The third-order valence-corrected chi connectivity index (χ3v) is 7.48. The lowest BCUT2D eigenvalue weighted by Gasteiger charge is -2.29. The third-order valence-electron chi connectivity index (χ3n) is 7.48. The molecule has 3 aromatic carbocycles. The fourth-order valence-corrected chi connectivity index (χ4v) is 5.59. The first-order valence-corrected chi connectivity index (χ1v) is 13.2. The van der Waals surface area contributed by atoms with E-state index in [4.69, 9.17) is 0 Å². The molecule has 2 unspecified atom stereocenters. The number of aryl methyl sites for hydroxylation is 1. The van der Waals surface area contributed by atoms with Gasteiger partial charge in [0, 0.05) is 23.4 Å². The zero-order chi connectivity index (χ0) is 27.8. The van der Waals surface area contributed by atoms with Crippen molar-refractivity contribution >= 4 is 34.9 Å². The van der Waals surface area contributed by atoms with Crippen LogP contribution in [0.5, 0.6) is 0 Å². The predicted molar refractivity (Wildman–Crippen MR) is 151 cm³/mol. The molecule has 202 valence electrons. The summed E-state index contributed by atoms with van der Waals surface area (Å²) in [7, 11) is 0. The molecule has 2 heterocycles. The topological polar surface area (TPSA) is 94.1 Å². The van der Waals surface area contributed by atoms with E-state index in [1.165, 1.54) is 11.0 Å². The lowest BCUT2D eigenvalue weighted by molar-refractivity contribution is -0.131. The minimum atomic E-state index is -1.41. The Labute approximate surface area is 231 Å². The van der Waals surface area contributed by atoms with Crippen LogP contribution in [0.25, 0.3) is 0 Å². The van der Waals surface area contributed by atoms with Crippen LogP contribution < -0.4 is 15.5 Å². The molecule has 3 atom stereocenters. The number of halogens is 1. The van der Waals surface area contributed by atoms with Crippen LogP contribution >= 0.6 is 0 Å². The number of hydrogen-bond donors (Lipinski definition) is 2. The molecule has 40 heavy (non-hydrogen) atoms. The Kier molecular flexibility index (Phi) is 6.63. The van der Waals surface area contributed by atoms with E-state index >= 15 is 4.39 Å². The summed E-state index contributed by atoms with van der Waals surface area (Å²) in [6.45, 7) is 2.28. The van der Waals surface area contributed by atoms with Crippen LogP contribution in [0.3, 0.4) is 0 Å². The fraction of sp³-hybridized carbons (Fsp3) is 0.226. The van der Waals surface area contributed by atoms with Crippen LogP contribution in [0, 0.1) is 18.7 Å². The third kappa shape index (κ3) is 4.86. The molecule has 0 spiro atoms. The Morgan fingerprint density at radius 2 is 1.77 bits per heavy atom. The number of benzodiazepines with no additional fused rings is 1. The molecule has 3 aliphatic rings. The lowest BCUT2D eigenvalue weighted by atomic mass is 9.99. The highest BCUT2D eigenvalue weighted by Gasteiger charge is 2.40. The van der Waals surface area contributed by atoms with Crippen LogP contribution in [0.2, 0.25) is 0 Å². The largest absolute Gasteiger partial charge is 0.334 e. The van der Waals surface area contributed by atoms with Crippen LogP contribution in [0.4, 0.5) is 20.6 Å². The van der Waals surface area contributed by atoms with Gasteiger partial charge in [0.15, 0.2) is 0 Å². The van der Waals surface area contributed by atoms with Crippen LogP contribution in [-0.2, 0) is 9.59 Å². The number of aliphatic imine (C=N–C) groups is 1. The monoisotopic (exact) mass is 537 g/mol. The highest BCUT2D eigenvalue weighted by Crippen LogP contribution is 2.33. The lowest BCUT2D eigenvalue weighted by Crippen LogP contribution is -2.52. The standard InChI is InChI=1S/C31H28FN5O3/c1-19-7-6-8-21(15-19)33-31(40)35-29-30(39)37(18-27(38)36-17-20-13-14-22(36)16-20)26-12-5-3-10-24(26)28(34-29)23-9-2-4-11-25(23)32/h2-15,20,22,29H,16-18H2,1H3,(H2,33,35,40)/t20?,22?,29-/m0/s1. The Morgan fingerprint density at radius 3 is 2.50 bits per heavy atom. The van der Waals surface area contributed by atoms with E-state index in [2.05, 4.69) is 21.7 Å². The Hall–Kier alpha value is -4.79. The van der Waals surface area contributed by atoms with Crippen molar-refractivity contribution in [2.24, 2.45) is 10.9 Å². The number of benzene rings is 3. The highest BCUT2D eigenvalue weighted by atomic mass is 19.1. The van der Waals surface area contributed by atoms with Gasteiger partial charge in [-0.1, -0.05) is 54.6 Å². The van der Waals surface area contributed by atoms with Crippen LogP contribution in [-0.4, -0.2) is 53.8 Å². The van der Waals surface area contributed by atoms with Gasteiger partial charge in [-0.05, 0) is 55.2 Å². The summed E-state index contributed by atoms with van der Waals surface area (Å²) in [5, 5.41) is 5.37. The minimum Gasteiger partial charge on any atom is -0.334 e. The van der Waals surface area contributed by atoms with Gasteiger partial charge in [-0.15, -0.1) is 0 Å². The van der Waals surface area contributed by atoms with Gasteiger partial charge in [-0.2, -0.15) is 0 Å². The van der Waals surface area contributed by atoms with Crippen molar-refractivity contribution in [3.05, 3.63) is 107 Å². The van der Waals surface area contributed by atoms with E-state index in [1.807, 2.05) is 19.1 Å². The van der Waals surface area contributed by atoms with Gasteiger partial charge in [-0.25, -0.2) is 14.2 Å². The fourth-order valence-electron chi connectivity index (χ4n) is 5.59. The van der Waals surface area contributed by atoms with Gasteiger partial charge in [0.05, 0.1) is 17.4 Å². The second-order valence-corrected chi connectivity index (χ2v) is 10.3. The van der Waals surface area contributed by atoms with E-state index in [9.17, 15) is 14.4 Å². The first-order valence-electron chi connectivity index (χ1n) is 13.2. The maximum atomic E-state index is 15.1. The zero-order valence-corrected chi connectivity index (χ0v) is 21.9. The van der Waals surface area contributed by atoms with Crippen molar-refractivity contribution < 1.29 is 18.8 Å². The summed E-state index contributed by atoms with van der Waals surface area (Å²) in [6.07, 6.45) is 3.64. The summed E-state index contributed by atoms with van der Waals surface area (Å²) in [5.74, 6) is -0.976. The van der Waals surface area contributed by atoms with Gasteiger partial charge in [0.1, 0.15) is 12.4 Å². The number of nitrogens with one attached hydrogen (secondary N) is 2. The molecule has 9 heteroatoms. The minimum absolute atomic E-state index is 0.0223. The highest BCUT2D eigenvalue weighted by molar-refractivity contribution is 6.21. The van der Waals surface area contributed by atoms with Crippen molar-refractivity contribution in [3.63, 3.8) is 0 Å². The maximum Gasteiger partial charge on any atom is 0.321 e. The quantitative estimate of drug-likeness (QED) is 0.477. The van der Waals surface area contributed by atoms with Gasteiger partial charge >= 0.3 is 6.03 Å². The van der Waals surface area contributed by atoms with Crippen molar-refractivity contribution in [1.29, 1.82) is 0 Å². The molecule has 1 aliphatic carbocycles. The number of likely N-dealkylation sites (tertiary alicyclic amines) is 1. The number of hydrogen-bond acceptors (Lipinski definition) is 4. The Balaban J connectivity index is 1.37. The van der Waals surface area contributed by atoms with E-state index in [0.29, 0.717) is 29.4 Å². The van der Waals surface area contributed by atoms with E-state index < -0.39 is 23.9 Å². The Bertz CT molecular complexity index is 1570. The molecule has 4 amide bonds. The molecule has 1 saturated heterocycles. The van der Waals surface area contributed by atoms with Gasteiger partial charge in [0.2, 0.25) is 12.1 Å². The molecule has 0 aromatic heterocycles. The number of carbonyl (C=O) groups excluding carboxylic acids is 3. The first kappa shape index (κ1) is 25.5. The van der Waals surface area contributed by atoms with Crippen LogP contribution in [0.1, 0.15) is 23.1 Å². The van der Waals surface area contributed by atoms with E-state index in [1.54, 1.807) is 65.6 Å². The van der Waals surface area contributed by atoms with Gasteiger partial charge in [-0.3, -0.25) is 14.5 Å². The van der Waals surface area contributed by atoms with Crippen molar-refractivity contribution in [3.8, 4) is 0 Å². The molecular formula is C31H28FN5O3. The van der Waals surface area contributed by atoms with Gasteiger partial charge < -0.3 is 15.5 Å². The molecule has 2 aliphatic heterocycles. The summed E-state index contributed by atoms with van der Waals surface area (Å²) in [4.78, 5) is 48.3.